The molecule has 3 rings (SSSR count). The lowest BCUT2D eigenvalue weighted by Crippen LogP contribution is -2.19. The van der Waals surface area contributed by atoms with Gasteiger partial charge in [0.1, 0.15) is 24.0 Å². The van der Waals surface area contributed by atoms with E-state index in [0.29, 0.717) is 44.9 Å². The van der Waals surface area contributed by atoms with Crippen LogP contribution in [0.25, 0.3) is 0 Å². The average Bonchev–Trinajstić information content (AvgIpc) is 3.18. The van der Waals surface area contributed by atoms with Gasteiger partial charge in [0.25, 0.3) is 0 Å². The summed E-state index contributed by atoms with van der Waals surface area (Å²) in [5.41, 5.74) is 11.1. The van der Waals surface area contributed by atoms with Crippen molar-refractivity contribution >= 4 is 44.5 Å². The van der Waals surface area contributed by atoms with Crippen LogP contribution in [-0.4, -0.2) is 42.6 Å². The SMILES string of the molecule is COc1cc(/C=N\NC(=O)Cc2nnc(N)s2)cc(Br)c1OCCOc1ccc(C)c(C)c1. The summed E-state index contributed by atoms with van der Waals surface area (Å²) in [6, 6.07) is 9.53. The Balaban J connectivity index is 1.54. The Hall–Kier alpha value is -3.18. The largest absolute Gasteiger partial charge is 0.493 e. The van der Waals surface area contributed by atoms with Crippen LogP contribution >= 0.6 is 27.3 Å². The number of hydrazone groups is 1. The molecule has 0 aliphatic rings. The quantitative estimate of drug-likeness (QED) is 0.231. The molecule has 0 bridgehead atoms. The lowest BCUT2D eigenvalue weighted by molar-refractivity contribution is -0.120. The summed E-state index contributed by atoms with van der Waals surface area (Å²) in [5.74, 6) is 1.55. The zero-order valence-electron chi connectivity index (χ0n) is 18.4. The van der Waals surface area contributed by atoms with E-state index in [1.54, 1.807) is 13.2 Å². The minimum absolute atomic E-state index is 0.0518. The van der Waals surface area contributed by atoms with E-state index >= 15 is 0 Å². The van der Waals surface area contributed by atoms with Crippen LogP contribution in [0.15, 0.2) is 39.9 Å². The lowest BCUT2D eigenvalue weighted by Gasteiger charge is -2.14. The number of anilines is 1. The van der Waals surface area contributed by atoms with Crippen molar-refractivity contribution in [2.24, 2.45) is 5.10 Å². The van der Waals surface area contributed by atoms with Gasteiger partial charge in [-0.15, -0.1) is 10.2 Å². The molecule has 174 valence electrons. The summed E-state index contributed by atoms with van der Waals surface area (Å²) in [5, 5.41) is 12.3. The number of carbonyl (C=O) groups is 1. The zero-order chi connectivity index (χ0) is 23.8. The number of nitrogen functional groups attached to an aromatic ring is 1. The Morgan fingerprint density at radius 3 is 2.67 bits per heavy atom. The van der Waals surface area contributed by atoms with Gasteiger partial charge in [-0.1, -0.05) is 17.4 Å². The first-order valence-corrected chi connectivity index (χ1v) is 11.6. The molecule has 0 saturated carbocycles. The van der Waals surface area contributed by atoms with Crippen molar-refractivity contribution in [1.82, 2.24) is 15.6 Å². The van der Waals surface area contributed by atoms with Crippen molar-refractivity contribution in [2.45, 2.75) is 20.3 Å². The van der Waals surface area contributed by atoms with E-state index in [2.05, 4.69) is 43.6 Å². The van der Waals surface area contributed by atoms with Crippen molar-refractivity contribution in [2.75, 3.05) is 26.1 Å². The third-order valence-corrected chi connectivity index (χ3v) is 5.87. The monoisotopic (exact) mass is 533 g/mol. The molecule has 0 aliphatic carbocycles. The predicted octanol–water partition coefficient (Wildman–Crippen LogP) is 3.66. The molecular formula is C22H24BrN5O4S. The van der Waals surface area contributed by atoms with E-state index in [0.717, 1.165) is 17.1 Å². The predicted molar refractivity (Wildman–Crippen MR) is 131 cm³/mol. The fraction of sp³-hybridized carbons (Fsp3) is 0.273. The molecule has 0 unspecified atom stereocenters. The first kappa shape index (κ1) is 24.5. The molecule has 0 spiro atoms. The molecule has 0 saturated heterocycles. The van der Waals surface area contributed by atoms with Gasteiger partial charge in [0.05, 0.1) is 24.2 Å². The van der Waals surface area contributed by atoms with Crippen LogP contribution in [0.4, 0.5) is 5.13 Å². The number of nitrogens with one attached hydrogen (secondary N) is 1. The van der Waals surface area contributed by atoms with Gasteiger partial charge in [-0.05, 0) is 70.7 Å². The second kappa shape index (κ2) is 11.6. The summed E-state index contributed by atoms with van der Waals surface area (Å²) < 4.78 is 17.8. The number of nitrogens with zero attached hydrogens (tertiary/aromatic N) is 3. The van der Waals surface area contributed by atoms with Crippen LogP contribution in [0.1, 0.15) is 21.7 Å². The molecule has 11 heteroatoms. The second-order valence-electron chi connectivity index (χ2n) is 6.98. The number of carbonyl (C=O) groups excluding carboxylic acids is 1. The summed E-state index contributed by atoms with van der Waals surface area (Å²) in [6.07, 6.45) is 1.56. The van der Waals surface area contributed by atoms with Gasteiger partial charge < -0.3 is 19.9 Å². The zero-order valence-corrected chi connectivity index (χ0v) is 20.8. The summed E-state index contributed by atoms with van der Waals surface area (Å²) in [7, 11) is 1.55. The van der Waals surface area contributed by atoms with E-state index in [-0.39, 0.29) is 12.3 Å². The lowest BCUT2D eigenvalue weighted by atomic mass is 10.1. The Morgan fingerprint density at radius 2 is 1.97 bits per heavy atom. The van der Waals surface area contributed by atoms with E-state index < -0.39 is 0 Å². The normalized spacial score (nSPS) is 10.9. The van der Waals surface area contributed by atoms with Crippen LogP contribution in [-0.2, 0) is 11.2 Å². The molecule has 1 amide bonds. The second-order valence-corrected chi connectivity index (χ2v) is 8.93. The third-order valence-electron chi connectivity index (χ3n) is 4.53. The number of amides is 1. The van der Waals surface area contributed by atoms with Gasteiger partial charge in [-0.25, -0.2) is 5.43 Å². The van der Waals surface area contributed by atoms with Crippen molar-refractivity contribution < 1.29 is 19.0 Å². The number of hydrogen-bond donors (Lipinski definition) is 2. The highest BCUT2D eigenvalue weighted by Gasteiger charge is 2.12. The number of benzene rings is 2. The number of ether oxygens (including phenoxy) is 3. The molecule has 1 heterocycles. The van der Waals surface area contributed by atoms with Crippen molar-refractivity contribution in [3.8, 4) is 17.2 Å². The standard InChI is InChI=1S/C22H24BrN5O4S/c1-13-4-5-16(8-14(13)2)31-6-7-32-21-17(23)9-15(10-18(21)30-3)12-25-26-19(29)11-20-27-28-22(24)33-20/h4-5,8-10,12H,6-7,11H2,1-3H3,(H2,24,28)(H,26,29)/b25-12-. The molecule has 3 N–H and O–H groups in total. The maximum atomic E-state index is 11.9. The number of nitrogens with two attached hydrogens (primary N) is 1. The maximum absolute atomic E-state index is 11.9. The third kappa shape index (κ3) is 7.16. The molecule has 9 nitrogen and oxygen atoms in total. The van der Waals surface area contributed by atoms with Crippen LogP contribution in [0.2, 0.25) is 0 Å². The molecule has 33 heavy (non-hydrogen) atoms. The van der Waals surface area contributed by atoms with Gasteiger partial charge in [0.15, 0.2) is 11.5 Å². The molecule has 1 aromatic heterocycles. The van der Waals surface area contributed by atoms with Gasteiger partial charge in [-0.3, -0.25) is 4.79 Å². The molecule has 2 aromatic carbocycles. The fourth-order valence-electron chi connectivity index (χ4n) is 2.76. The minimum atomic E-state index is -0.322. The minimum Gasteiger partial charge on any atom is -0.493 e. The highest BCUT2D eigenvalue weighted by atomic mass is 79.9. The summed E-state index contributed by atoms with van der Waals surface area (Å²) in [6.45, 7) is 4.83. The molecule has 0 radical (unpaired) electrons. The van der Waals surface area contributed by atoms with Crippen LogP contribution < -0.4 is 25.4 Å². The molecular weight excluding hydrogens is 510 g/mol. The number of hydrogen-bond acceptors (Lipinski definition) is 9. The Labute approximate surface area is 204 Å². The number of aryl methyl sites for hydroxylation is 2. The van der Waals surface area contributed by atoms with E-state index in [9.17, 15) is 4.79 Å². The maximum Gasteiger partial charge on any atom is 0.247 e. The topological polar surface area (TPSA) is 121 Å². The highest BCUT2D eigenvalue weighted by Crippen LogP contribution is 2.36. The molecule has 0 fully saturated rings. The fourth-order valence-corrected chi connectivity index (χ4v) is 3.94. The van der Waals surface area contributed by atoms with Crippen LogP contribution in [0, 0.1) is 13.8 Å². The van der Waals surface area contributed by atoms with Crippen LogP contribution in [0.5, 0.6) is 17.2 Å². The Kier molecular flexibility index (Phi) is 8.61. The average molecular weight is 534 g/mol. The molecule has 0 aliphatic heterocycles. The number of halogens is 1. The van der Waals surface area contributed by atoms with Crippen molar-refractivity contribution in [1.29, 1.82) is 0 Å². The highest BCUT2D eigenvalue weighted by molar-refractivity contribution is 9.10. The van der Waals surface area contributed by atoms with E-state index in [4.69, 9.17) is 19.9 Å². The first-order valence-electron chi connectivity index (χ1n) is 9.96. The molecule has 0 atom stereocenters. The van der Waals surface area contributed by atoms with Gasteiger partial charge in [0.2, 0.25) is 11.0 Å². The Morgan fingerprint density at radius 1 is 1.18 bits per heavy atom. The molecule has 3 aromatic rings. The smallest absolute Gasteiger partial charge is 0.247 e. The van der Waals surface area contributed by atoms with Crippen LogP contribution in [0.3, 0.4) is 0 Å². The van der Waals surface area contributed by atoms with Crippen molar-refractivity contribution in [3.63, 3.8) is 0 Å². The summed E-state index contributed by atoms with van der Waals surface area (Å²) in [4.78, 5) is 11.9. The Bertz CT molecular complexity index is 1150. The van der Waals surface area contributed by atoms with Crippen molar-refractivity contribution in [3.05, 3.63) is 56.5 Å². The number of rotatable bonds is 10. The summed E-state index contributed by atoms with van der Waals surface area (Å²) >= 11 is 4.66. The number of aromatic nitrogens is 2. The van der Waals surface area contributed by atoms with Gasteiger partial charge in [-0.2, -0.15) is 5.10 Å². The first-order chi connectivity index (χ1) is 15.9. The van der Waals surface area contributed by atoms with E-state index in [1.165, 1.54) is 17.3 Å². The van der Waals surface area contributed by atoms with Gasteiger partial charge >= 0.3 is 0 Å². The van der Waals surface area contributed by atoms with E-state index in [1.807, 2.05) is 31.2 Å². The number of methoxy groups -OCH3 is 1. The van der Waals surface area contributed by atoms with Gasteiger partial charge in [0, 0.05) is 0 Å².